The summed E-state index contributed by atoms with van der Waals surface area (Å²) < 4.78 is 0. The van der Waals surface area contributed by atoms with Crippen molar-refractivity contribution in [2.45, 2.75) is 31.2 Å². The van der Waals surface area contributed by atoms with E-state index < -0.39 is 5.97 Å². The van der Waals surface area contributed by atoms with Gasteiger partial charge in [0, 0.05) is 23.9 Å². The number of allylic oxidation sites excluding steroid dienone is 2. The molecule has 2 aliphatic rings. The minimum absolute atomic E-state index is 0.00969. The molecule has 126 valence electrons. The van der Waals surface area contributed by atoms with Crippen molar-refractivity contribution in [3.05, 3.63) is 77.4 Å². The summed E-state index contributed by atoms with van der Waals surface area (Å²) in [5, 5.41) is 8.92. The summed E-state index contributed by atoms with van der Waals surface area (Å²) in [6.07, 6.45) is 4.27. The van der Waals surface area contributed by atoms with Crippen molar-refractivity contribution in [2.24, 2.45) is 0 Å². The van der Waals surface area contributed by atoms with E-state index in [2.05, 4.69) is 30.4 Å². The third-order valence-corrected chi connectivity index (χ3v) is 5.10. The number of hydrogen-bond donors (Lipinski definition) is 1. The zero-order valence-electron chi connectivity index (χ0n) is 13.8. The van der Waals surface area contributed by atoms with E-state index in [0.717, 1.165) is 16.8 Å². The van der Waals surface area contributed by atoms with E-state index in [1.807, 2.05) is 30.3 Å². The maximum Gasteiger partial charge on any atom is 0.303 e. The number of para-hydroxylation sites is 1. The SMILES string of the molecule is O=C(O)CCC(=O)N1Cc2ccccc2C2C=CC2c2ccccc21. The van der Waals surface area contributed by atoms with Crippen molar-refractivity contribution in [1.29, 1.82) is 0 Å². The van der Waals surface area contributed by atoms with E-state index in [1.54, 1.807) is 4.90 Å². The summed E-state index contributed by atoms with van der Waals surface area (Å²) in [5.74, 6) is -0.497. The van der Waals surface area contributed by atoms with Crippen molar-refractivity contribution in [3.8, 4) is 0 Å². The molecule has 4 rings (SSSR count). The fourth-order valence-electron chi connectivity index (χ4n) is 3.77. The monoisotopic (exact) mass is 333 g/mol. The van der Waals surface area contributed by atoms with Gasteiger partial charge in [0.15, 0.2) is 0 Å². The average Bonchev–Trinajstić information content (AvgIpc) is 2.58. The minimum Gasteiger partial charge on any atom is -0.481 e. The summed E-state index contributed by atoms with van der Waals surface area (Å²) in [6, 6.07) is 16.2. The quantitative estimate of drug-likeness (QED) is 0.868. The second kappa shape index (κ2) is 6.20. The Hall–Kier alpha value is -2.88. The fraction of sp³-hybridized carbons (Fsp3) is 0.238. The molecule has 1 N–H and O–H groups in total. The Bertz CT molecular complexity index is 871. The van der Waals surface area contributed by atoms with Gasteiger partial charge in [0.2, 0.25) is 5.91 Å². The first-order chi connectivity index (χ1) is 12.1. The number of benzene rings is 2. The summed E-state index contributed by atoms with van der Waals surface area (Å²) in [7, 11) is 0. The molecule has 0 fully saturated rings. The summed E-state index contributed by atoms with van der Waals surface area (Å²) in [4.78, 5) is 25.4. The van der Waals surface area contributed by atoms with Crippen molar-refractivity contribution >= 4 is 17.6 Å². The minimum atomic E-state index is -0.948. The van der Waals surface area contributed by atoms with Crippen LogP contribution in [0.1, 0.15) is 41.4 Å². The second-order valence-electron chi connectivity index (χ2n) is 6.57. The van der Waals surface area contributed by atoms with Crippen LogP contribution in [0.2, 0.25) is 0 Å². The average molecular weight is 333 g/mol. The molecule has 25 heavy (non-hydrogen) atoms. The molecule has 4 heteroatoms. The third kappa shape index (κ3) is 2.74. The Kier molecular flexibility index (Phi) is 3.88. The van der Waals surface area contributed by atoms with Gasteiger partial charge in [-0.2, -0.15) is 0 Å². The van der Waals surface area contributed by atoms with Crippen LogP contribution in [0.15, 0.2) is 60.7 Å². The number of carboxylic acid groups (broad SMARTS) is 1. The van der Waals surface area contributed by atoms with Gasteiger partial charge in [-0.3, -0.25) is 9.59 Å². The molecule has 1 amide bonds. The maximum absolute atomic E-state index is 12.8. The van der Waals surface area contributed by atoms with Gasteiger partial charge in [-0.15, -0.1) is 0 Å². The number of carboxylic acids is 1. The Labute approximate surface area is 146 Å². The standard InChI is InChI=1S/C21H19NO3/c23-20(11-12-21(24)25)22-13-14-5-1-2-6-15(14)16-9-10-17(16)18-7-3-4-8-19(18)22/h1-10,16-17H,11-13H2,(H,24,25). The zero-order chi connectivity index (χ0) is 17.4. The highest BCUT2D eigenvalue weighted by Gasteiger charge is 2.34. The summed E-state index contributed by atoms with van der Waals surface area (Å²) in [5.41, 5.74) is 4.40. The lowest BCUT2D eigenvalue weighted by atomic mass is 9.71. The highest BCUT2D eigenvalue weighted by atomic mass is 16.4. The molecule has 0 saturated heterocycles. The molecule has 1 aliphatic carbocycles. The Morgan fingerprint density at radius 3 is 2.28 bits per heavy atom. The molecular weight excluding hydrogens is 314 g/mol. The molecule has 0 radical (unpaired) electrons. The number of hydrogen-bond acceptors (Lipinski definition) is 2. The summed E-state index contributed by atoms with van der Waals surface area (Å²) in [6.45, 7) is 0.475. The maximum atomic E-state index is 12.8. The molecule has 2 aromatic rings. The van der Waals surface area contributed by atoms with E-state index in [4.69, 9.17) is 5.11 Å². The van der Waals surface area contributed by atoms with Gasteiger partial charge in [-0.1, -0.05) is 54.6 Å². The number of fused-ring (bicyclic) bond motifs is 5. The van der Waals surface area contributed by atoms with Crippen molar-refractivity contribution < 1.29 is 14.7 Å². The number of amides is 1. The smallest absolute Gasteiger partial charge is 0.303 e. The largest absolute Gasteiger partial charge is 0.481 e. The van der Waals surface area contributed by atoms with Gasteiger partial charge in [-0.25, -0.2) is 0 Å². The first kappa shape index (κ1) is 15.6. The topological polar surface area (TPSA) is 57.6 Å². The number of carbonyl (C=O) groups excluding carboxylic acids is 1. The van der Waals surface area contributed by atoms with Crippen LogP contribution in [-0.4, -0.2) is 17.0 Å². The number of anilines is 1. The molecule has 4 nitrogen and oxygen atoms in total. The van der Waals surface area contributed by atoms with Crippen molar-refractivity contribution in [1.82, 2.24) is 0 Å². The van der Waals surface area contributed by atoms with Gasteiger partial charge < -0.3 is 10.0 Å². The Balaban J connectivity index is 1.79. The second-order valence-corrected chi connectivity index (χ2v) is 6.57. The third-order valence-electron chi connectivity index (χ3n) is 5.10. The normalized spacial score (nSPS) is 20.4. The molecule has 2 aromatic carbocycles. The van der Waals surface area contributed by atoms with E-state index in [1.165, 1.54) is 5.56 Å². The lowest BCUT2D eigenvalue weighted by Crippen LogP contribution is -2.34. The first-order valence-corrected chi connectivity index (χ1v) is 8.52. The van der Waals surface area contributed by atoms with Crippen LogP contribution in [-0.2, 0) is 16.1 Å². The molecule has 0 spiro atoms. The molecule has 0 aromatic heterocycles. The van der Waals surface area contributed by atoms with Gasteiger partial charge in [0.25, 0.3) is 0 Å². The lowest BCUT2D eigenvalue weighted by molar-refractivity contribution is -0.138. The predicted octanol–water partition coefficient (Wildman–Crippen LogP) is 3.84. The molecule has 1 heterocycles. The van der Waals surface area contributed by atoms with Crippen LogP contribution in [0.5, 0.6) is 0 Å². The molecule has 2 atom stereocenters. The molecule has 0 saturated carbocycles. The highest BCUT2D eigenvalue weighted by Crippen LogP contribution is 2.48. The highest BCUT2D eigenvalue weighted by molar-refractivity contribution is 5.96. The van der Waals surface area contributed by atoms with Gasteiger partial charge in [0.05, 0.1) is 13.0 Å². The number of carbonyl (C=O) groups is 2. The number of aliphatic carboxylic acids is 1. The van der Waals surface area contributed by atoms with Crippen LogP contribution < -0.4 is 4.90 Å². The van der Waals surface area contributed by atoms with E-state index in [9.17, 15) is 9.59 Å². The van der Waals surface area contributed by atoms with Crippen LogP contribution in [0.3, 0.4) is 0 Å². The summed E-state index contributed by atoms with van der Waals surface area (Å²) >= 11 is 0. The molecule has 0 bridgehead atoms. The van der Waals surface area contributed by atoms with Crippen LogP contribution in [0.25, 0.3) is 0 Å². The number of rotatable bonds is 3. The molecular formula is C21H19NO3. The van der Waals surface area contributed by atoms with E-state index in [-0.39, 0.29) is 24.7 Å². The van der Waals surface area contributed by atoms with E-state index in [0.29, 0.717) is 12.5 Å². The Morgan fingerprint density at radius 1 is 0.920 bits per heavy atom. The Morgan fingerprint density at radius 2 is 1.56 bits per heavy atom. The molecule has 2 unspecified atom stereocenters. The van der Waals surface area contributed by atoms with Crippen molar-refractivity contribution in [3.63, 3.8) is 0 Å². The van der Waals surface area contributed by atoms with Crippen molar-refractivity contribution in [2.75, 3.05) is 4.90 Å². The van der Waals surface area contributed by atoms with Gasteiger partial charge in [0.1, 0.15) is 0 Å². The van der Waals surface area contributed by atoms with Crippen LogP contribution >= 0.6 is 0 Å². The van der Waals surface area contributed by atoms with Crippen LogP contribution in [0.4, 0.5) is 5.69 Å². The van der Waals surface area contributed by atoms with Crippen LogP contribution in [0, 0.1) is 0 Å². The first-order valence-electron chi connectivity index (χ1n) is 8.52. The molecule has 1 aliphatic heterocycles. The van der Waals surface area contributed by atoms with E-state index >= 15 is 0 Å². The zero-order valence-corrected chi connectivity index (χ0v) is 13.8. The fourth-order valence-corrected chi connectivity index (χ4v) is 3.77. The lowest BCUT2D eigenvalue weighted by Gasteiger charge is -2.38. The predicted molar refractivity (Wildman–Crippen MR) is 95.6 cm³/mol. The number of nitrogens with zero attached hydrogens (tertiary/aromatic N) is 1. The van der Waals surface area contributed by atoms with Gasteiger partial charge in [-0.05, 0) is 22.8 Å². The van der Waals surface area contributed by atoms with Gasteiger partial charge >= 0.3 is 5.97 Å².